The third kappa shape index (κ3) is 3.68. The number of nitrogens with two attached hydrogens (primary N) is 1. The molecule has 0 radical (unpaired) electrons. The van der Waals surface area contributed by atoms with Crippen molar-refractivity contribution in [3.05, 3.63) is 66.0 Å². The van der Waals surface area contributed by atoms with Crippen molar-refractivity contribution in [3.63, 3.8) is 0 Å². The molecular formula is C15H18N2. The molecule has 1 unspecified atom stereocenters. The van der Waals surface area contributed by atoms with Gasteiger partial charge in [0, 0.05) is 12.2 Å². The number of hydrogen-bond donors (Lipinski definition) is 1. The van der Waals surface area contributed by atoms with E-state index in [0.717, 1.165) is 25.0 Å². The standard InChI is InChI=1S/C15H18N2/c16-14(15-11-4-5-12-17-15)10-6-9-13-7-2-1-3-8-13/h1-5,7-8,11-12,14H,6,9-10,16H2. The van der Waals surface area contributed by atoms with Crippen LogP contribution in [-0.2, 0) is 6.42 Å². The molecule has 0 saturated heterocycles. The fourth-order valence-corrected chi connectivity index (χ4v) is 1.91. The van der Waals surface area contributed by atoms with E-state index in [1.54, 1.807) is 6.20 Å². The quantitative estimate of drug-likeness (QED) is 0.850. The van der Waals surface area contributed by atoms with Gasteiger partial charge in [-0.15, -0.1) is 0 Å². The SMILES string of the molecule is NC(CCCc1ccccc1)c1ccccn1. The van der Waals surface area contributed by atoms with E-state index >= 15 is 0 Å². The van der Waals surface area contributed by atoms with Crippen LogP contribution in [-0.4, -0.2) is 4.98 Å². The minimum absolute atomic E-state index is 0.0555. The fourth-order valence-electron chi connectivity index (χ4n) is 1.91. The van der Waals surface area contributed by atoms with Crippen LogP contribution in [0, 0.1) is 0 Å². The Balaban J connectivity index is 1.79. The third-order valence-corrected chi connectivity index (χ3v) is 2.89. The summed E-state index contributed by atoms with van der Waals surface area (Å²) in [5.74, 6) is 0. The monoisotopic (exact) mass is 226 g/mol. The van der Waals surface area contributed by atoms with Crippen molar-refractivity contribution < 1.29 is 0 Å². The largest absolute Gasteiger partial charge is 0.323 e. The molecule has 2 N–H and O–H groups in total. The molecule has 0 aliphatic carbocycles. The Morgan fingerprint density at radius 3 is 2.47 bits per heavy atom. The summed E-state index contributed by atoms with van der Waals surface area (Å²) < 4.78 is 0. The Bertz CT molecular complexity index is 425. The van der Waals surface area contributed by atoms with E-state index in [0.29, 0.717) is 0 Å². The first-order chi connectivity index (χ1) is 8.36. The van der Waals surface area contributed by atoms with Crippen LogP contribution in [0.5, 0.6) is 0 Å². The summed E-state index contributed by atoms with van der Waals surface area (Å²) >= 11 is 0. The average molecular weight is 226 g/mol. The van der Waals surface area contributed by atoms with Gasteiger partial charge in [-0.05, 0) is 37.0 Å². The lowest BCUT2D eigenvalue weighted by molar-refractivity contribution is 0.598. The molecular weight excluding hydrogens is 208 g/mol. The lowest BCUT2D eigenvalue weighted by Crippen LogP contribution is -2.11. The van der Waals surface area contributed by atoms with Gasteiger partial charge in [0.05, 0.1) is 5.69 Å². The molecule has 0 spiro atoms. The maximum Gasteiger partial charge on any atom is 0.0570 e. The highest BCUT2D eigenvalue weighted by atomic mass is 14.8. The molecule has 0 aliphatic rings. The minimum Gasteiger partial charge on any atom is -0.323 e. The lowest BCUT2D eigenvalue weighted by Gasteiger charge is -2.10. The molecule has 2 heteroatoms. The molecule has 0 bridgehead atoms. The Morgan fingerprint density at radius 1 is 1.00 bits per heavy atom. The van der Waals surface area contributed by atoms with Gasteiger partial charge >= 0.3 is 0 Å². The molecule has 0 amide bonds. The highest BCUT2D eigenvalue weighted by molar-refractivity contribution is 5.15. The molecule has 1 aromatic heterocycles. The molecule has 0 fully saturated rings. The van der Waals surface area contributed by atoms with E-state index in [-0.39, 0.29) is 6.04 Å². The summed E-state index contributed by atoms with van der Waals surface area (Å²) in [6.07, 6.45) is 4.96. The van der Waals surface area contributed by atoms with Crippen LogP contribution < -0.4 is 5.73 Å². The van der Waals surface area contributed by atoms with Crippen molar-refractivity contribution >= 4 is 0 Å². The van der Waals surface area contributed by atoms with Gasteiger partial charge in [0.1, 0.15) is 0 Å². The van der Waals surface area contributed by atoms with E-state index in [4.69, 9.17) is 5.73 Å². The Kier molecular flexibility index (Phi) is 4.28. The summed E-state index contributed by atoms with van der Waals surface area (Å²) in [6.45, 7) is 0. The van der Waals surface area contributed by atoms with Gasteiger partial charge < -0.3 is 5.73 Å². The van der Waals surface area contributed by atoms with E-state index in [1.165, 1.54) is 5.56 Å². The summed E-state index contributed by atoms with van der Waals surface area (Å²) in [5, 5.41) is 0. The lowest BCUT2D eigenvalue weighted by atomic mass is 10.0. The van der Waals surface area contributed by atoms with E-state index in [9.17, 15) is 0 Å². The topological polar surface area (TPSA) is 38.9 Å². The number of pyridine rings is 1. The zero-order valence-corrected chi connectivity index (χ0v) is 9.92. The average Bonchev–Trinajstić information content (AvgIpc) is 2.41. The normalized spacial score (nSPS) is 12.3. The van der Waals surface area contributed by atoms with E-state index in [1.807, 2.05) is 24.3 Å². The first kappa shape index (κ1) is 11.8. The smallest absolute Gasteiger partial charge is 0.0570 e. The van der Waals surface area contributed by atoms with Gasteiger partial charge in [-0.1, -0.05) is 36.4 Å². The van der Waals surface area contributed by atoms with Gasteiger partial charge in [0.25, 0.3) is 0 Å². The fraction of sp³-hybridized carbons (Fsp3) is 0.267. The number of aryl methyl sites for hydroxylation is 1. The van der Waals surface area contributed by atoms with E-state index < -0.39 is 0 Å². The first-order valence-electron chi connectivity index (χ1n) is 6.06. The van der Waals surface area contributed by atoms with Gasteiger partial charge in [0.2, 0.25) is 0 Å². The highest BCUT2D eigenvalue weighted by Crippen LogP contribution is 2.14. The zero-order chi connectivity index (χ0) is 11.9. The molecule has 0 saturated carbocycles. The molecule has 1 atom stereocenters. The molecule has 88 valence electrons. The summed E-state index contributed by atoms with van der Waals surface area (Å²) in [6, 6.07) is 16.5. The minimum atomic E-state index is 0.0555. The van der Waals surface area contributed by atoms with Crippen molar-refractivity contribution in [2.24, 2.45) is 5.73 Å². The van der Waals surface area contributed by atoms with Crippen LogP contribution in [0.3, 0.4) is 0 Å². The van der Waals surface area contributed by atoms with Crippen LogP contribution in [0.25, 0.3) is 0 Å². The molecule has 17 heavy (non-hydrogen) atoms. The maximum atomic E-state index is 6.10. The molecule has 1 aromatic carbocycles. The Hall–Kier alpha value is -1.67. The van der Waals surface area contributed by atoms with Gasteiger partial charge in [0.15, 0.2) is 0 Å². The van der Waals surface area contributed by atoms with Crippen LogP contribution in [0.4, 0.5) is 0 Å². The number of benzene rings is 1. The predicted octanol–water partition coefficient (Wildman–Crippen LogP) is 3.10. The highest BCUT2D eigenvalue weighted by Gasteiger charge is 2.06. The van der Waals surface area contributed by atoms with Crippen LogP contribution >= 0.6 is 0 Å². The second-order valence-corrected chi connectivity index (χ2v) is 4.24. The third-order valence-electron chi connectivity index (χ3n) is 2.89. The van der Waals surface area contributed by atoms with E-state index in [2.05, 4.69) is 29.2 Å². The van der Waals surface area contributed by atoms with Gasteiger partial charge in [-0.2, -0.15) is 0 Å². The predicted molar refractivity (Wildman–Crippen MR) is 70.5 cm³/mol. The van der Waals surface area contributed by atoms with Gasteiger partial charge in [-0.25, -0.2) is 0 Å². The number of hydrogen-bond acceptors (Lipinski definition) is 2. The van der Waals surface area contributed by atoms with Crippen LogP contribution in [0.1, 0.15) is 30.1 Å². The van der Waals surface area contributed by atoms with Crippen molar-refractivity contribution in [1.82, 2.24) is 4.98 Å². The van der Waals surface area contributed by atoms with Crippen LogP contribution in [0.15, 0.2) is 54.7 Å². The summed E-state index contributed by atoms with van der Waals surface area (Å²) in [7, 11) is 0. The van der Waals surface area contributed by atoms with Crippen molar-refractivity contribution in [3.8, 4) is 0 Å². The molecule has 1 heterocycles. The molecule has 2 rings (SSSR count). The number of rotatable bonds is 5. The number of aromatic nitrogens is 1. The second-order valence-electron chi connectivity index (χ2n) is 4.24. The van der Waals surface area contributed by atoms with Crippen molar-refractivity contribution in [1.29, 1.82) is 0 Å². The van der Waals surface area contributed by atoms with Gasteiger partial charge in [-0.3, -0.25) is 4.98 Å². The second kappa shape index (κ2) is 6.16. The summed E-state index contributed by atoms with van der Waals surface area (Å²) in [4.78, 5) is 4.28. The number of nitrogens with zero attached hydrogens (tertiary/aromatic N) is 1. The molecule has 2 nitrogen and oxygen atoms in total. The molecule has 2 aromatic rings. The molecule has 0 aliphatic heterocycles. The maximum absolute atomic E-state index is 6.10. The summed E-state index contributed by atoms with van der Waals surface area (Å²) in [5.41, 5.74) is 8.46. The van der Waals surface area contributed by atoms with Crippen molar-refractivity contribution in [2.45, 2.75) is 25.3 Å². The first-order valence-corrected chi connectivity index (χ1v) is 6.06. The Labute approximate surface area is 103 Å². The van der Waals surface area contributed by atoms with Crippen molar-refractivity contribution in [2.75, 3.05) is 0 Å². The Morgan fingerprint density at radius 2 is 1.76 bits per heavy atom. The van der Waals surface area contributed by atoms with Crippen LogP contribution in [0.2, 0.25) is 0 Å². The zero-order valence-electron chi connectivity index (χ0n) is 9.92.